The van der Waals surface area contributed by atoms with Gasteiger partial charge in [-0.15, -0.1) is 0 Å². The van der Waals surface area contributed by atoms with Crippen molar-refractivity contribution in [2.24, 2.45) is 0 Å². The molecule has 190 valence electrons. The van der Waals surface area contributed by atoms with E-state index in [0.29, 0.717) is 35.9 Å². The van der Waals surface area contributed by atoms with Crippen molar-refractivity contribution in [3.8, 4) is 11.5 Å². The van der Waals surface area contributed by atoms with Crippen LogP contribution in [-0.4, -0.2) is 67.6 Å². The number of methoxy groups -OCH3 is 2. The van der Waals surface area contributed by atoms with E-state index in [2.05, 4.69) is 21.7 Å². The van der Waals surface area contributed by atoms with Crippen LogP contribution < -0.4 is 9.47 Å². The molecule has 0 bridgehead atoms. The highest BCUT2D eigenvalue weighted by Gasteiger charge is 2.38. The Bertz CT molecular complexity index is 1270. The number of piperidine rings is 1. The number of ketones is 1. The van der Waals surface area contributed by atoms with Crippen molar-refractivity contribution < 1.29 is 23.8 Å². The van der Waals surface area contributed by atoms with Gasteiger partial charge in [0.25, 0.3) is 0 Å². The Hall–Kier alpha value is -3.16. The number of carbonyl (C=O) groups is 2. The molecule has 0 spiro atoms. The van der Waals surface area contributed by atoms with Gasteiger partial charge in [-0.3, -0.25) is 9.59 Å². The van der Waals surface area contributed by atoms with Crippen LogP contribution in [-0.2, 0) is 11.2 Å². The Kier molecular flexibility index (Phi) is 6.86. The van der Waals surface area contributed by atoms with Crippen LogP contribution in [0.4, 0.5) is 0 Å². The van der Waals surface area contributed by atoms with Gasteiger partial charge in [0.2, 0.25) is 0 Å². The van der Waals surface area contributed by atoms with Gasteiger partial charge in [-0.2, -0.15) is 0 Å². The number of Topliss-reactive ketones (excluding diaryl/α,β-unsaturated/α-hetero) is 1. The minimum atomic E-state index is -0.679. The van der Waals surface area contributed by atoms with E-state index in [1.54, 1.807) is 14.2 Å². The van der Waals surface area contributed by atoms with Crippen molar-refractivity contribution >= 4 is 23.0 Å². The zero-order chi connectivity index (χ0) is 25.3. The third-order valence-corrected chi connectivity index (χ3v) is 7.58. The molecule has 2 aliphatic rings. The lowest BCUT2D eigenvalue weighted by Gasteiger charge is -2.36. The molecule has 0 N–H and O–H groups in total. The summed E-state index contributed by atoms with van der Waals surface area (Å²) in [7, 11) is 3.29. The lowest BCUT2D eigenvalue weighted by Crippen LogP contribution is -2.43. The number of hydrogen-bond donors (Lipinski definition) is 0. The first-order valence-electron chi connectivity index (χ1n) is 12.6. The van der Waals surface area contributed by atoms with E-state index in [0.717, 1.165) is 62.0 Å². The first kappa shape index (κ1) is 24.5. The fourth-order valence-electron chi connectivity index (χ4n) is 5.73. The van der Waals surface area contributed by atoms with Gasteiger partial charge in [0.05, 0.1) is 25.7 Å². The van der Waals surface area contributed by atoms with Crippen molar-refractivity contribution in [1.29, 1.82) is 0 Å². The van der Waals surface area contributed by atoms with Crippen molar-refractivity contribution in [2.75, 3.05) is 40.5 Å². The zero-order valence-electron chi connectivity index (χ0n) is 21.3. The number of nitrogens with zero attached hydrogens (tertiary/aromatic N) is 2. The average molecular weight is 491 g/mol. The molecule has 7 nitrogen and oxygen atoms in total. The number of benzene rings is 2. The second-order valence-corrected chi connectivity index (χ2v) is 10.2. The standard InChI is InChI=1S/C29H34N2O5/c1-29(19-34-2)17-26(33)23-6-7-27(35-3)24(28(23)36-29)11-14-30-12-9-22(10-13-30)31-15-8-21-5-4-20(18-32)16-25(21)31/h4-8,15-16,18,22H,9-14,17,19H2,1-3H3. The predicted molar refractivity (Wildman–Crippen MR) is 139 cm³/mol. The zero-order valence-corrected chi connectivity index (χ0v) is 21.3. The van der Waals surface area contributed by atoms with Crippen LogP contribution in [0.3, 0.4) is 0 Å². The summed E-state index contributed by atoms with van der Waals surface area (Å²) in [6.07, 6.45) is 6.18. The normalized spacial score (nSPS) is 20.8. The van der Waals surface area contributed by atoms with E-state index >= 15 is 0 Å². The smallest absolute Gasteiger partial charge is 0.170 e. The molecule has 1 aromatic heterocycles. The number of aromatic nitrogens is 1. The summed E-state index contributed by atoms with van der Waals surface area (Å²) >= 11 is 0. The summed E-state index contributed by atoms with van der Waals surface area (Å²) in [5, 5.41) is 1.17. The fraction of sp³-hybridized carbons (Fsp3) is 0.448. The quantitative estimate of drug-likeness (QED) is 0.426. The third kappa shape index (κ3) is 4.65. The molecule has 0 radical (unpaired) electrons. The molecule has 1 atom stereocenters. The molecule has 36 heavy (non-hydrogen) atoms. The lowest BCUT2D eigenvalue weighted by atomic mass is 9.89. The van der Waals surface area contributed by atoms with E-state index in [4.69, 9.17) is 14.2 Å². The maximum absolute atomic E-state index is 12.9. The molecular formula is C29H34N2O5. The number of hydrogen-bond acceptors (Lipinski definition) is 6. The van der Waals surface area contributed by atoms with Gasteiger partial charge in [0.15, 0.2) is 5.78 Å². The summed E-state index contributed by atoms with van der Waals surface area (Å²) in [6, 6.07) is 12.1. The molecule has 3 heterocycles. The highest BCUT2D eigenvalue weighted by Crippen LogP contribution is 2.41. The summed E-state index contributed by atoms with van der Waals surface area (Å²) in [5.74, 6) is 1.48. The van der Waals surface area contributed by atoms with E-state index in [-0.39, 0.29) is 5.78 Å². The van der Waals surface area contributed by atoms with Crippen molar-refractivity contribution in [1.82, 2.24) is 9.47 Å². The van der Waals surface area contributed by atoms with E-state index in [1.165, 1.54) is 5.39 Å². The van der Waals surface area contributed by atoms with Crippen LogP contribution in [0.1, 0.15) is 58.5 Å². The Balaban J connectivity index is 1.29. The van der Waals surface area contributed by atoms with Gasteiger partial charge in [-0.25, -0.2) is 0 Å². The monoisotopic (exact) mass is 490 g/mol. The van der Waals surface area contributed by atoms with Crippen LogP contribution in [0.5, 0.6) is 11.5 Å². The maximum atomic E-state index is 12.9. The molecule has 1 saturated heterocycles. The third-order valence-electron chi connectivity index (χ3n) is 7.58. The van der Waals surface area contributed by atoms with Crippen molar-refractivity contribution in [3.63, 3.8) is 0 Å². The predicted octanol–water partition coefficient (Wildman–Crippen LogP) is 4.71. The topological polar surface area (TPSA) is 70.0 Å². The molecule has 7 heteroatoms. The number of fused-ring (bicyclic) bond motifs is 2. The second-order valence-electron chi connectivity index (χ2n) is 10.2. The van der Waals surface area contributed by atoms with E-state index < -0.39 is 5.60 Å². The average Bonchev–Trinajstić information content (AvgIpc) is 3.30. The number of ether oxygens (including phenoxy) is 3. The Morgan fingerprint density at radius 2 is 1.94 bits per heavy atom. The van der Waals surface area contributed by atoms with Crippen LogP contribution in [0.15, 0.2) is 42.6 Å². The van der Waals surface area contributed by atoms with Gasteiger partial charge in [0, 0.05) is 55.6 Å². The van der Waals surface area contributed by atoms with Crippen LogP contribution in [0.25, 0.3) is 10.9 Å². The number of aldehydes is 1. The number of likely N-dealkylation sites (tertiary alicyclic amines) is 1. The first-order valence-corrected chi connectivity index (χ1v) is 12.6. The molecule has 3 aromatic rings. The molecule has 0 saturated carbocycles. The van der Waals surface area contributed by atoms with Crippen LogP contribution in [0.2, 0.25) is 0 Å². The number of carbonyl (C=O) groups excluding carboxylic acids is 2. The van der Waals surface area contributed by atoms with Gasteiger partial charge in [-0.05, 0) is 55.8 Å². The lowest BCUT2D eigenvalue weighted by molar-refractivity contribution is -0.00665. The van der Waals surface area contributed by atoms with Gasteiger partial charge in [-0.1, -0.05) is 12.1 Å². The fourth-order valence-corrected chi connectivity index (χ4v) is 5.73. The minimum Gasteiger partial charge on any atom is -0.496 e. The maximum Gasteiger partial charge on any atom is 0.170 e. The van der Waals surface area contributed by atoms with Crippen molar-refractivity contribution in [2.45, 2.75) is 44.2 Å². The molecule has 1 unspecified atom stereocenters. The summed E-state index contributed by atoms with van der Waals surface area (Å²) < 4.78 is 19.7. The van der Waals surface area contributed by atoms with E-state index in [9.17, 15) is 9.59 Å². The highest BCUT2D eigenvalue weighted by atomic mass is 16.5. The van der Waals surface area contributed by atoms with Crippen LogP contribution >= 0.6 is 0 Å². The number of rotatable bonds is 8. The van der Waals surface area contributed by atoms with E-state index in [1.807, 2.05) is 37.3 Å². The van der Waals surface area contributed by atoms with Gasteiger partial charge in [0.1, 0.15) is 23.4 Å². The Morgan fingerprint density at radius 1 is 1.14 bits per heavy atom. The summed E-state index contributed by atoms with van der Waals surface area (Å²) in [5.41, 5.74) is 2.74. The minimum absolute atomic E-state index is 0.0807. The Morgan fingerprint density at radius 3 is 2.67 bits per heavy atom. The molecule has 2 aromatic carbocycles. The summed E-state index contributed by atoms with van der Waals surface area (Å²) in [6.45, 7) is 5.10. The molecule has 2 aliphatic heterocycles. The highest BCUT2D eigenvalue weighted by molar-refractivity contribution is 6.01. The molecular weight excluding hydrogens is 456 g/mol. The molecule has 0 amide bonds. The molecule has 0 aliphatic carbocycles. The van der Waals surface area contributed by atoms with Crippen LogP contribution in [0, 0.1) is 0 Å². The molecule has 1 fully saturated rings. The van der Waals surface area contributed by atoms with Crippen molar-refractivity contribution in [3.05, 3.63) is 59.3 Å². The first-order chi connectivity index (χ1) is 17.4. The molecule has 5 rings (SSSR count). The summed E-state index contributed by atoms with van der Waals surface area (Å²) in [4.78, 5) is 26.6. The Labute approximate surface area is 211 Å². The second kappa shape index (κ2) is 10.1. The largest absolute Gasteiger partial charge is 0.496 e. The van der Waals surface area contributed by atoms with Gasteiger partial charge < -0.3 is 23.7 Å². The SMILES string of the molecule is COCC1(C)CC(=O)c2ccc(OC)c(CCN3CCC(n4ccc5ccc(C=O)cc54)CC3)c2O1. The van der Waals surface area contributed by atoms with Gasteiger partial charge >= 0.3 is 0 Å².